The molecule has 2 N–H and O–H groups in total. The highest BCUT2D eigenvalue weighted by Gasteiger charge is 2.51. The molecule has 0 bridgehead atoms. The van der Waals surface area contributed by atoms with Crippen molar-refractivity contribution < 1.29 is 33.0 Å². The molecule has 0 spiro atoms. The van der Waals surface area contributed by atoms with E-state index in [1.807, 2.05) is 19.1 Å². The number of hydrogen-bond donors (Lipinski definition) is 2. The van der Waals surface area contributed by atoms with E-state index in [9.17, 15) is 23.6 Å². The van der Waals surface area contributed by atoms with Crippen molar-refractivity contribution >= 4 is 23.9 Å². The lowest BCUT2D eigenvalue weighted by Crippen LogP contribution is -2.76. The van der Waals surface area contributed by atoms with Crippen LogP contribution in [-0.4, -0.2) is 96.4 Å². The molecule has 5 amide bonds. The summed E-state index contributed by atoms with van der Waals surface area (Å²) in [4.78, 5) is 56.1. The molecule has 3 atom stereocenters. The summed E-state index contributed by atoms with van der Waals surface area (Å²) in [6.07, 6.45) is 0.650. The molecular weight excluding hydrogens is 571 g/mol. The number of amides is 5. The van der Waals surface area contributed by atoms with E-state index in [4.69, 9.17) is 9.47 Å². The third-order valence-electron chi connectivity index (χ3n) is 7.77. The fraction of sp³-hybridized carbons (Fsp3) is 0.419. The number of fused-ring (bicyclic) bond motifs is 1. The van der Waals surface area contributed by atoms with Crippen LogP contribution in [0.2, 0.25) is 0 Å². The van der Waals surface area contributed by atoms with E-state index in [1.165, 1.54) is 28.1 Å². The fourth-order valence-corrected chi connectivity index (χ4v) is 5.49. The topological polar surface area (TPSA) is 124 Å². The fourth-order valence-electron chi connectivity index (χ4n) is 5.49. The number of halogens is 1. The Kier molecular flexibility index (Phi) is 10.8. The summed E-state index contributed by atoms with van der Waals surface area (Å²) < 4.78 is 23.8. The van der Waals surface area contributed by atoms with Crippen molar-refractivity contribution in [3.63, 3.8) is 0 Å². The van der Waals surface area contributed by atoms with Gasteiger partial charge in [0.05, 0.1) is 26.2 Å². The van der Waals surface area contributed by atoms with E-state index in [2.05, 4.69) is 17.2 Å². The smallest absolute Gasteiger partial charge is 0.407 e. The van der Waals surface area contributed by atoms with Crippen LogP contribution in [0, 0.1) is 5.82 Å². The van der Waals surface area contributed by atoms with Crippen LogP contribution in [0.4, 0.5) is 14.0 Å². The zero-order valence-corrected chi connectivity index (χ0v) is 25.2. The average molecular weight is 611 g/mol. The van der Waals surface area contributed by atoms with Crippen molar-refractivity contribution in [2.45, 2.75) is 44.6 Å². The summed E-state index contributed by atoms with van der Waals surface area (Å²) in [6, 6.07) is 11.4. The minimum absolute atomic E-state index is 0.0477. The average Bonchev–Trinajstić information content (AvgIpc) is 3.01. The Morgan fingerprint density at radius 2 is 1.82 bits per heavy atom. The quantitative estimate of drug-likeness (QED) is 0.296. The van der Waals surface area contributed by atoms with Gasteiger partial charge in [0.15, 0.2) is 0 Å². The Morgan fingerprint density at radius 1 is 1.11 bits per heavy atom. The number of nitrogens with one attached hydrogen (secondary N) is 2. The van der Waals surface area contributed by atoms with Crippen molar-refractivity contribution in [1.29, 1.82) is 0 Å². The number of ether oxygens (including phenoxy) is 2. The first kappa shape index (κ1) is 32.3. The molecule has 0 radical (unpaired) electrons. The van der Waals surface area contributed by atoms with Gasteiger partial charge >= 0.3 is 12.1 Å². The number of rotatable bonds is 11. The number of nitrogens with zero attached hydrogens (tertiary/aromatic N) is 4. The number of hydrazine groups is 1. The number of alkyl carbamates (subject to hydrolysis) is 1. The lowest BCUT2D eigenvalue weighted by Gasteiger charge is -2.55. The minimum atomic E-state index is -0.888. The summed E-state index contributed by atoms with van der Waals surface area (Å²) in [7, 11) is 3.23. The predicted molar refractivity (Wildman–Crippen MR) is 159 cm³/mol. The van der Waals surface area contributed by atoms with Crippen molar-refractivity contribution in [3.05, 3.63) is 78.1 Å². The number of carbonyl (C=O) groups is 4. The minimum Gasteiger partial charge on any atom is -0.497 e. The van der Waals surface area contributed by atoms with Crippen molar-refractivity contribution in [1.82, 2.24) is 30.5 Å². The highest BCUT2D eigenvalue weighted by molar-refractivity contribution is 5.91. The first-order chi connectivity index (χ1) is 21.1. The number of urea groups is 1. The second kappa shape index (κ2) is 14.7. The van der Waals surface area contributed by atoms with Gasteiger partial charge in [-0.05, 0) is 55.2 Å². The van der Waals surface area contributed by atoms with Gasteiger partial charge in [-0.15, -0.1) is 0 Å². The van der Waals surface area contributed by atoms with Crippen molar-refractivity contribution in [2.24, 2.45) is 0 Å². The van der Waals surface area contributed by atoms with Gasteiger partial charge in [-0.3, -0.25) is 9.59 Å². The van der Waals surface area contributed by atoms with Crippen molar-refractivity contribution in [2.75, 3.05) is 40.4 Å². The lowest BCUT2D eigenvalue weighted by molar-refractivity contribution is -0.189. The number of piperazine rings is 1. The molecule has 0 aliphatic carbocycles. The lowest BCUT2D eigenvalue weighted by atomic mass is 9.98. The van der Waals surface area contributed by atoms with Crippen LogP contribution < -0.4 is 15.4 Å². The number of carbonyl (C=O) groups excluding carboxylic acids is 4. The molecule has 4 rings (SSSR count). The van der Waals surface area contributed by atoms with Crippen LogP contribution >= 0.6 is 0 Å². The largest absolute Gasteiger partial charge is 0.497 e. The summed E-state index contributed by atoms with van der Waals surface area (Å²) in [6.45, 7) is 5.80. The Bertz CT molecular complexity index is 1340. The molecule has 2 aliphatic heterocycles. The molecule has 2 heterocycles. The van der Waals surface area contributed by atoms with Gasteiger partial charge in [0.2, 0.25) is 11.8 Å². The van der Waals surface area contributed by atoms with Gasteiger partial charge in [0, 0.05) is 20.1 Å². The molecule has 44 heavy (non-hydrogen) atoms. The summed E-state index contributed by atoms with van der Waals surface area (Å²) >= 11 is 0. The first-order valence-corrected chi connectivity index (χ1v) is 14.4. The third kappa shape index (κ3) is 7.46. The van der Waals surface area contributed by atoms with Crippen LogP contribution in [0.3, 0.4) is 0 Å². The van der Waals surface area contributed by atoms with Crippen molar-refractivity contribution in [3.8, 4) is 5.75 Å². The Balaban J connectivity index is 1.57. The number of benzene rings is 2. The molecule has 0 saturated carbocycles. The standard InChI is InChI=1S/C31H39FN6O6/c1-5-17-44-31(42)33-16-6-7-26-29(40)36(21(2)23-10-12-24(32)13-11-23)19-27-37(26)28(39)20-35(3)38(27)30(41)34-18-22-8-14-25(43-4)15-9-22/h5,8-15,21,26-27H,1,6-7,16-20H2,2-4H3,(H,33,42)(H,34,41)/t21?,26-,27?/m0/s1. The SMILES string of the molecule is C=CCOC(=O)NCCC[C@H]1C(=O)N(C(C)c2ccc(F)cc2)CC2N1C(=O)CN(C)N2C(=O)NCc1ccc(OC)cc1. The van der Waals surface area contributed by atoms with Gasteiger partial charge in [0.1, 0.15) is 30.4 Å². The highest BCUT2D eigenvalue weighted by Crippen LogP contribution is 2.32. The Labute approximate surface area is 256 Å². The van der Waals surface area contributed by atoms with Crippen LogP contribution in [0.5, 0.6) is 5.75 Å². The Hall–Kier alpha value is -4.65. The summed E-state index contributed by atoms with van der Waals surface area (Å²) in [5.74, 6) is -0.276. The maximum Gasteiger partial charge on any atom is 0.407 e. The molecule has 2 aromatic rings. The van der Waals surface area contributed by atoms with Gasteiger partial charge < -0.3 is 29.9 Å². The Morgan fingerprint density at radius 3 is 2.48 bits per heavy atom. The third-order valence-corrected chi connectivity index (χ3v) is 7.77. The van der Waals surface area contributed by atoms with Crippen LogP contribution in [0.1, 0.15) is 36.9 Å². The molecule has 0 aromatic heterocycles. The van der Waals surface area contributed by atoms with Gasteiger partial charge in [-0.25, -0.2) is 24.0 Å². The zero-order chi connectivity index (χ0) is 31.8. The maximum atomic E-state index is 14.0. The number of hydrogen-bond acceptors (Lipinski definition) is 7. The first-order valence-electron chi connectivity index (χ1n) is 14.4. The molecule has 2 fully saturated rings. The number of methoxy groups -OCH3 is 1. The second-order valence-corrected chi connectivity index (χ2v) is 10.6. The molecule has 12 nitrogen and oxygen atoms in total. The van der Waals surface area contributed by atoms with Gasteiger partial charge in [0.25, 0.3) is 0 Å². The van der Waals surface area contributed by atoms with E-state index in [1.54, 1.807) is 48.3 Å². The normalized spacial score (nSPS) is 19.2. The summed E-state index contributed by atoms with van der Waals surface area (Å²) in [5.41, 5.74) is 1.57. The van der Waals surface area contributed by atoms with E-state index < -0.39 is 36.2 Å². The zero-order valence-electron chi connectivity index (χ0n) is 25.2. The predicted octanol–water partition coefficient (Wildman–Crippen LogP) is 3.03. The van der Waals surface area contributed by atoms with Crippen LogP contribution in [0.25, 0.3) is 0 Å². The molecule has 2 aromatic carbocycles. The molecule has 2 saturated heterocycles. The number of likely N-dealkylation sites (N-methyl/N-ethyl adjacent to an activating group) is 1. The molecular formula is C31H39FN6O6. The van der Waals surface area contributed by atoms with E-state index in [0.29, 0.717) is 17.7 Å². The van der Waals surface area contributed by atoms with E-state index in [-0.39, 0.29) is 51.0 Å². The van der Waals surface area contributed by atoms with E-state index in [0.717, 1.165) is 5.56 Å². The maximum absolute atomic E-state index is 14.0. The second-order valence-electron chi connectivity index (χ2n) is 10.6. The van der Waals surface area contributed by atoms with Crippen LogP contribution in [0.15, 0.2) is 61.2 Å². The molecule has 13 heteroatoms. The highest BCUT2D eigenvalue weighted by atomic mass is 19.1. The van der Waals surface area contributed by atoms with Gasteiger partial charge in [-0.2, -0.15) is 0 Å². The van der Waals surface area contributed by atoms with Crippen LogP contribution in [-0.2, 0) is 20.9 Å². The van der Waals surface area contributed by atoms with E-state index >= 15 is 0 Å². The van der Waals surface area contributed by atoms with Gasteiger partial charge in [-0.1, -0.05) is 36.9 Å². The molecule has 236 valence electrons. The molecule has 2 unspecified atom stereocenters. The molecule has 2 aliphatic rings. The summed E-state index contributed by atoms with van der Waals surface area (Å²) in [5, 5.41) is 8.58. The monoisotopic (exact) mass is 610 g/mol.